The molecular weight excluding hydrogens is 419 g/mol. The molecule has 30 heavy (non-hydrogen) atoms. The highest BCUT2D eigenvalue weighted by Crippen LogP contribution is 2.29. The third kappa shape index (κ3) is 5.18. The molecule has 2 N–H and O–H groups in total. The van der Waals surface area contributed by atoms with Crippen LogP contribution in [0.25, 0.3) is 0 Å². The van der Waals surface area contributed by atoms with Gasteiger partial charge in [-0.2, -0.15) is 13.2 Å². The zero-order valence-electron chi connectivity index (χ0n) is 16.3. The van der Waals surface area contributed by atoms with E-state index in [4.69, 9.17) is 5.14 Å². The zero-order valence-corrected chi connectivity index (χ0v) is 17.1. The van der Waals surface area contributed by atoms with Gasteiger partial charge >= 0.3 is 6.18 Å². The summed E-state index contributed by atoms with van der Waals surface area (Å²) in [4.78, 5) is 16.4. The minimum absolute atomic E-state index is 0.114. The topological polar surface area (TPSA) is 83.7 Å². The lowest BCUT2D eigenvalue weighted by atomic mass is 10.1. The molecular formula is C20H22F3N3O3S. The van der Waals surface area contributed by atoms with Gasteiger partial charge in [-0.15, -0.1) is 0 Å². The number of nitrogens with two attached hydrogens (primary N) is 1. The first-order valence-corrected chi connectivity index (χ1v) is 10.8. The molecule has 0 saturated carbocycles. The Kier molecular flexibility index (Phi) is 6.21. The van der Waals surface area contributed by atoms with Crippen LogP contribution in [0.1, 0.15) is 27.0 Å². The number of amides is 1. The van der Waals surface area contributed by atoms with Gasteiger partial charge in [0.15, 0.2) is 0 Å². The number of carbonyl (C=O) groups excluding carboxylic acids is 1. The molecule has 0 aliphatic carbocycles. The second kappa shape index (κ2) is 8.37. The van der Waals surface area contributed by atoms with E-state index in [1.807, 2.05) is 0 Å². The highest BCUT2D eigenvalue weighted by Gasteiger charge is 2.30. The Bertz CT molecular complexity index is 1030. The van der Waals surface area contributed by atoms with E-state index in [9.17, 15) is 26.4 Å². The molecule has 1 fully saturated rings. The first-order valence-electron chi connectivity index (χ1n) is 9.26. The number of benzene rings is 2. The van der Waals surface area contributed by atoms with Crippen molar-refractivity contribution >= 4 is 15.9 Å². The predicted octanol–water partition coefficient (Wildman–Crippen LogP) is 2.62. The lowest BCUT2D eigenvalue weighted by molar-refractivity contribution is -0.137. The van der Waals surface area contributed by atoms with Gasteiger partial charge in [0.2, 0.25) is 10.0 Å². The number of rotatable bonds is 4. The van der Waals surface area contributed by atoms with E-state index >= 15 is 0 Å². The average Bonchev–Trinajstić information content (AvgIpc) is 2.67. The van der Waals surface area contributed by atoms with E-state index in [1.165, 1.54) is 24.3 Å². The van der Waals surface area contributed by atoms with Gasteiger partial charge in [0.25, 0.3) is 5.91 Å². The number of alkyl halides is 3. The van der Waals surface area contributed by atoms with Crippen molar-refractivity contribution < 1.29 is 26.4 Å². The zero-order chi connectivity index (χ0) is 22.1. The molecule has 1 amide bonds. The second-order valence-corrected chi connectivity index (χ2v) is 8.85. The fourth-order valence-corrected chi connectivity index (χ4v) is 3.89. The van der Waals surface area contributed by atoms with Crippen molar-refractivity contribution in [3.63, 3.8) is 0 Å². The smallest absolute Gasteiger partial charge is 0.336 e. The fraction of sp³-hybridized carbons (Fsp3) is 0.350. The molecule has 0 unspecified atom stereocenters. The molecule has 0 aromatic heterocycles. The van der Waals surface area contributed by atoms with Crippen LogP contribution in [0.4, 0.5) is 13.2 Å². The summed E-state index contributed by atoms with van der Waals surface area (Å²) >= 11 is 0. The Morgan fingerprint density at radius 1 is 1.03 bits per heavy atom. The van der Waals surface area contributed by atoms with Crippen molar-refractivity contribution in [3.05, 3.63) is 64.7 Å². The molecule has 2 aromatic carbocycles. The molecule has 162 valence electrons. The highest BCUT2D eigenvalue weighted by molar-refractivity contribution is 7.89. The lowest BCUT2D eigenvalue weighted by Gasteiger charge is -2.35. The molecule has 1 aliphatic rings. The van der Waals surface area contributed by atoms with Crippen molar-refractivity contribution in [2.24, 2.45) is 5.14 Å². The van der Waals surface area contributed by atoms with Crippen LogP contribution >= 0.6 is 0 Å². The molecule has 1 saturated heterocycles. The van der Waals surface area contributed by atoms with Gasteiger partial charge in [-0.25, -0.2) is 13.6 Å². The highest BCUT2D eigenvalue weighted by atomic mass is 32.2. The van der Waals surface area contributed by atoms with Crippen LogP contribution in [0.3, 0.4) is 0 Å². The largest absolute Gasteiger partial charge is 0.416 e. The average molecular weight is 441 g/mol. The Morgan fingerprint density at radius 3 is 2.17 bits per heavy atom. The summed E-state index contributed by atoms with van der Waals surface area (Å²) in [5, 5.41) is 5.16. The van der Waals surface area contributed by atoms with Crippen LogP contribution in [0.15, 0.2) is 47.4 Å². The molecule has 0 radical (unpaired) electrons. The number of halogens is 3. The van der Waals surface area contributed by atoms with Gasteiger partial charge in [-0.1, -0.05) is 18.2 Å². The number of hydrogen-bond donors (Lipinski definition) is 1. The third-order valence-corrected chi connectivity index (χ3v) is 6.03. The van der Waals surface area contributed by atoms with Crippen LogP contribution < -0.4 is 5.14 Å². The van der Waals surface area contributed by atoms with Crippen LogP contribution in [0.5, 0.6) is 0 Å². The predicted molar refractivity (Wildman–Crippen MR) is 105 cm³/mol. The number of hydrogen-bond acceptors (Lipinski definition) is 4. The Hall–Kier alpha value is -2.43. The maximum Gasteiger partial charge on any atom is 0.416 e. The summed E-state index contributed by atoms with van der Waals surface area (Å²) in [6.07, 6.45) is -4.36. The summed E-state index contributed by atoms with van der Waals surface area (Å²) in [5.74, 6) is -0.271. The molecule has 2 aromatic rings. The number of aryl methyl sites for hydroxylation is 1. The van der Waals surface area contributed by atoms with Gasteiger partial charge in [-0.05, 0) is 42.3 Å². The van der Waals surface area contributed by atoms with Crippen LogP contribution in [0, 0.1) is 6.92 Å². The van der Waals surface area contributed by atoms with Gasteiger partial charge in [0, 0.05) is 38.3 Å². The first-order chi connectivity index (χ1) is 13.9. The maximum atomic E-state index is 12.9. The van der Waals surface area contributed by atoms with Gasteiger partial charge in [-0.3, -0.25) is 9.69 Å². The summed E-state index contributed by atoms with van der Waals surface area (Å²) in [6.45, 7) is 4.18. The van der Waals surface area contributed by atoms with Crippen LogP contribution in [0.2, 0.25) is 0 Å². The maximum absolute atomic E-state index is 12.9. The van der Waals surface area contributed by atoms with Crippen molar-refractivity contribution in [3.8, 4) is 0 Å². The number of carbonyl (C=O) groups is 1. The molecule has 1 heterocycles. The molecule has 10 heteroatoms. The van der Waals surface area contributed by atoms with E-state index in [1.54, 1.807) is 17.9 Å². The van der Waals surface area contributed by atoms with Gasteiger partial charge < -0.3 is 4.90 Å². The third-order valence-electron chi connectivity index (χ3n) is 5.11. The first kappa shape index (κ1) is 22.3. The summed E-state index contributed by atoms with van der Waals surface area (Å²) in [7, 11) is -3.91. The van der Waals surface area contributed by atoms with Gasteiger partial charge in [0.1, 0.15) is 0 Å². The Balaban J connectivity index is 1.62. The monoisotopic (exact) mass is 441 g/mol. The summed E-state index contributed by atoms with van der Waals surface area (Å²) < 4.78 is 61.1. The molecule has 0 spiro atoms. The minimum atomic E-state index is -4.36. The SMILES string of the molecule is Cc1ccc(S(N)(=O)=O)cc1C(=O)N1CCN(Cc2ccc(C(F)(F)F)cc2)CC1. The van der Waals surface area contributed by atoms with Crippen molar-refractivity contribution in [1.29, 1.82) is 0 Å². The number of primary sulfonamides is 1. The second-order valence-electron chi connectivity index (χ2n) is 7.28. The quantitative estimate of drug-likeness (QED) is 0.791. The fourth-order valence-electron chi connectivity index (χ4n) is 3.35. The molecule has 6 nitrogen and oxygen atoms in total. The van der Waals surface area contributed by atoms with E-state index in [2.05, 4.69) is 4.90 Å². The molecule has 3 rings (SSSR count). The van der Waals surface area contributed by atoms with E-state index < -0.39 is 21.8 Å². The number of sulfonamides is 1. The summed E-state index contributed by atoms with van der Waals surface area (Å²) in [6, 6.07) is 9.26. The van der Waals surface area contributed by atoms with E-state index in [0.717, 1.165) is 17.7 Å². The van der Waals surface area contributed by atoms with Crippen LogP contribution in [-0.4, -0.2) is 50.3 Å². The Labute approximate surface area is 173 Å². The molecule has 0 atom stereocenters. The normalized spacial score (nSPS) is 16.0. The number of piperazine rings is 1. The molecule has 1 aliphatic heterocycles. The lowest BCUT2D eigenvalue weighted by Crippen LogP contribution is -2.48. The standard InChI is InChI=1S/C20H22F3N3O3S/c1-14-2-7-17(30(24,28)29)12-18(14)19(27)26-10-8-25(9-11-26)13-15-3-5-16(6-4-15)20(21,22)23/h2-7,12H,8-11,13H2,1H3,(H2,24,28,29). The Morgan fingerprint density at radius 2 is 1.63 bits per heavy atom. The van der Waals surface area contributed by atoms with E-state index in [0.29, 0.717) is 38.3 Å². The summed E-state index contributed by atoms with van der Waals surface area (Å²) in [5.41, 5.74) is 1.02. The van der Waals surface area contributed by atoms with Gasteiger partial charge in [0.05, 0.1) is 10.5 Å². The minimum Gasteiger partial charge on any atom is -0.336 e. The number of nitrogens with zero attached hydrogens (tertiary/aromatic N) is 2. The van der Waals surface area contributed by atoms with E-state index in [-0.39, 0.29) is 16.4 Å². The van der Waals surface area contributed by atoms with Crippen LogP contribution in [-0.2, 0) is 22.7 Å². The van der Waals surface area contributed by atoms with Crippen molar-refractivity contribution in [2.75, 3.05) is 26.2 Å². The molecule has 0 bridgehead atoms. The van der Waals surface area contributed by atoms with Crippen molar-refractivity contribution in [1.82, 2.24) is 9.80 Å². The van der Waals surface area contributed by atoms with Crippen molar-refractivity contribution in [2.45, 2.75) is 24.5 Å².